The third-order valence-corrected chi connectivity index (χ3v) is 4.29. The molecule has 0 saturated heterocycles. The number of rotatable bonds is 9. The summed E-state index contributed by atoms with van der Waals surface area (Å²) in [7, 11) is 0. The van der Waals surface area contributed by atoms with E-state index in [0.717, 1.165) is 11.1 Å². The maximum atomic E-state index is 12.1. The second-order valence-corrected chi connectivity index (χ2v) is 7.00. The van der Waals surface area contributed by atoms with E-state index >= 15 is 0 Å². The molecule has 0 aliphatic carbocycles. The molecule has 0 spiro atoms. The van der Waals surface area contributed by atoms with E-state index in [1.807, 2.05) is 32.9 Å². The molecule has 0 bridgehead atoms. The van der Waals surface area contributed by atoms with Crippen LogP contribution in [-0.4, -0.2) is 31.2 Å². The fourth-order valence-corrected chi connectivity index (χ4v) is 2.97. The zero-order chi connectivity index (χ0) is 22.8. The van der Waals surface area contributed by atoms with Crippen LogP contribution in [0.3, 0.4) is 0 Å². The van der Waals surface area contributed by atoms with Crippen LogP contribution in [0.1, 0.15) is 30.0 Å². The van der Waals surface area contributed by atoms with E-state index < -0.39 is 11.8 Å². The highest BCUT2D eigenvalue weighted by molar-refractivity contribution is 6.32. The molecule has 0 radical (unpaired) electrons. The molecule has 2 aromatic rings. The minimum atomic E-state index is -0.552. The molecule has 0 heterocycles. The molecule has 2 rings (SSSR count). The van der Waals surface area contributed by atoms with Crippen molar-refractivity contribution in [3.63, 3.8) is 0 Å². The maximum Gasteiger partial charge on any atom is 0.249 e. The van der Waals surface area contributed by atoms with Gasteiger partial charge in [-0.2, -0.15) is 5.10 Å². The van der Waals surface area contributed by atoms with E-state index in [1.54, 1.807) is 18.2 Å². The number of nitrogens with zero attached hydrogens (tertiary/aromatic N) is 1. The van der Waals surface area contributed by atoms with Gasteiger partial charge in [-0.1, -0.05) is 35.2 Å². The van der Waals surface area contributed by atoms with Crippen molar-refractivity contribution in [2.75, 3.05) is 18.5 Å². The van der Waals surface area contributed by atoms with Gasteiger partial charge in [0.1, 0.15) is 13.0 Å². The van der Waals surface area contributed by atoms with Crippen LogP contribution in [0.25, 0.3) is 0 Å². The lowest BCUT2D eigenvalue weighted by atomic mass is 10.1. The second kappa shape index (κ2) is 11.6. The molecule has 0 atom stereocenters. The van der Waals surface area contributed by atoms with Crippen LogP contribution < -0.4 is 20.2 Å². The number of anilines is 1. The van der Waals surface area contributed by atoms with Gasteiger partial charge in [-0.3, -0.25) is 9.59 Å². The van der Waals surface area contributed by atoms with E-state index in [2.05, 4.69) is 21.8 Å². The minimum Gasteiger partial charge on any atom is -0.490 e. The third-order valence-electron chi connectivity index (χ3n) is 4.01. The molecule has 8 heteroatoms. The minimum absolute atomic E-state index is 0.0491. The predicted octanol–water partition coefficient (Wildman–Crippen LogP) is 3.85. The molecule has 2 aromatic carbocycles. The monoisotopic (exact) mass is 441 g/mol. The van der Waals surface area contributed by atoms with Gasteiger partial charge in [0.15, 0.2) is 11.5 Å². The number of hydrogen-bond acceptors (Lipinski definition) is 5. The average molecular weight is 442 g/mol. The highest BCUT2D eigenvalue weighted by Crippen LogP contribution is 2.36. The first-order valence-electron chi connectivity index (χ1n) is 9.55. The largest absolute Gasteiger partial charge is 0.490 e. The van der Waals surface area contributed by atoms with Gasteiger partial charge < -0.3 is 14.8 Å². The lowest BCUT2D eigenvalue weighted by molar-refractivity contribution is -0.126. The van der Waals surface area contributed by atoms with Crippen LogP contribution in [0.15, 0.2) is 35.4 Å². The number of carbonyl (C=O) groups excluding carboxylic acids is 2. The first kappa shape index (κ1) is 23.8. The van der Waals surface area contributed by atoms with E-state index in [1.165, 1.54) is 6.21 Å². The highest BCUT2D eigenvalue weighted by atomic mass is 35.5. The quantitative estimate of drug-likeness (QED) is 0.268. The van der Waals surface area contributed by atoms with Crippen LogP contribution in [0.5, 0.6) is 11.5 Å². The maximum absolute atomic E-state index is 12.1. The number of carbonyl (C=O) groups is 2. The Kier molecular flexibility index (Phi) is 8.92. The van der Waals surface area contributed by atoms with Gasteiger partial charge in [-0.25, -0.2) is 5.43 Å². The van der Waals surface area contributed by atoms with E-state index in [4.69, 9.17) is 27.5 Å². The smallest absolute Gasteiger partial charge is 0.249 e. The summed E-state index contributed by atoms with van der Waals surface area (Å²) in [6.07, 6.45) is 6.24. The summed E-state index contributed by atoms with van der Waals surface area (Å²) in [6.45, 7) is 6.12. The van der Waals surface area contributed by atoms with Gasteiger partial charge in [0.2, 0.25) is 11.8 Å². The van der Waals surface area contributed by atoms with Crippen molar-refractivity contribution in [2.24, 2.45) is 5.10 Å². The molecule has 2 N–H and O–H groups in total. The summed E-state index contributed by atoms with van der Waals surface area (Å²) in [4.78, 5) is 24.1. The lowest BCUT2D eigenvalue weighted by Crippen LogP contribution is -2.24. The molecule has 7 nitrogen and oxygen atoms in total. The molecule has 0 fully saturated rings. The zero-order valence-electron chi connectivity index (χ0n) is 17.6. The first-order chi connectivity index (χ1) is 14.8. The van der Waals surface area contributed by atoms with Crippen LogP contribution >= 0.6 is 11.6 Å². The van der Waals surface area contributed by atoms with Gasteiger partial charge in [0, 0.05) is 5.69 Å². The van der Waals surface area contributed by atoms with Crippen molar-refractivity contribution in [3.05, 3.63) is 52.0 Å². The van der Waals surface area contributed by atoms with Crippen molar-refractivity contribution in [1.82, 2.24) is 5.43 Å². The molecule has 0 aliphatic heterocycles. The Bertz CT molecular complexity index is 1030. The Balaban J connectivity index is 1.97. The Morgan fingerprint density at radius 3 is 2.65 bits per heavy atom. The van der Waals surface area contributed by atoms with Gasteiger partial charge in [-0.05, 0) is 50.1 Å². The molecule has 2 amide bonds. The lowest BCUT2D eigenvalue weighted by Gasteiger charge is -2.12. The van der Waals surface area contributed by atoms with Gasteiger partial charge in [0.05, 0.1) is 17.8 Å². The predicted molar refractivity (Wildman–Crippen MR) is 122 cm³/mol. The molecule has 0 aliphatic rings. The van der Waals surface area contributed by atoms with Crippen LogP contribution in [0.2, 0.25) is 5.02 Å². The molecular weight excluding hydrogens is 418 g/mol. The number of terminal acetylenes is 1. The summed E-state index contributed by atoms with van der Waals surface area (Å²) in [5.41, 5.74) is 5.56. The van der Waals surface area contributed by atoms with Gasteiger partial charge in [0.25, 0.3) is 0 Å². The zero-order valence-corrected chi connectivity index (χ0v) is 18.4. The SMILES string of the molecule is C#CCOc1c(Cl)cc(C=NNC(=O)CC(=O)Nc2ccc(C)cc2C)cc1OCC. The first-order valence-corrected chi connectivity index (χ1v) is 9.93. The molecular formula is C23H24ClN3O4. The molecule has 31 heavy (non-hydrogen) atoms. The summed E-state index contributed by atoms with van der Waals surface area (Å²) < 4.78 is 11.0. The van der Waals surface area contributed by atoms with Crippen molar-refractivity contribution in [3.8, 4) is 23.8 Å². The Morgan fingerprint density at radius 1 is 1.19 bits per heavy atom. The summed E-state index contributed by atoms with van der Waals surface area (Å²) in [6, 6.07) is 8.89. The summed E-state index contributed by atoms with van der Waals surface area (Å²) in [5, 5.41) is 6.88. The number of aryl methyl sites for hydroxylation is 2. The third kappa shape index (κ3) is 7.36. The number of halogens is 1. The number of benzene rings is 2. The van der Waals surface area contributed by atoms with E-state index in [0.29, 0.717) is 34.4 Å². The molecule has 0 unspecified atom stereocenters. The Morgan fingerprint density at radius 2 is 1.97 bits per heavy atom. The van der Waals surface area contributed by atoms with Crippen LogP contribution in [0.4, 0.5) is 5.69 Å². The van der Waals surface area contributed by atoms with Crippen molar-refractivity contribution < 1.29 is 19.1 Å². The average Bonchev–Trinajstić information content (AvgIpc) is 2.70. The van der Waals surface area contributed by atoms with E-state index in [-0.39, 0.29) is 13.0 Å². The standard InChI is InChI=1S/C23H24ClN3O4/c1-5-9-31-23-18(24)11-17(12-20(23)30-6-2)14-25-27-22(29)13-21(28)26-19-8-7-15(3)10-16(19)4/h1,7-8,10-12,14H,6,9,13H2,2-4H3,(H,26,28)(H,27,29). The number of nitrogens with one attached hydrogen (secondary N) is 2. The summed E-state index contributed by atoms with van der Waals surface area (Å²) >= 11 is 6.24. The van der Waals surface area contributed by atoms with E-state index in [9.17, 15) is 9.59 Å². The van der Waals surface area contributed by atoms with Crippen LogP contribution in [-0.2, 0) is 9.59 Å². The fraction of sp³-hybridized carbons (Fsp3) is 0.261. The van der Waals surface area contributed by atoms with Crippen molar-refractivity contribution in [1.29, 1.82) is 0 Å². The second-order valence-electron chi connectivity index (χ2n) is 6.59. The van der Waals surface area contributed by atoms with Gasteiger partial charge >= 0.3 is 0 Å². The topological polar surface area (TPSA) is 89.0 Å². The number of ether oxygens (including phenoxy) is 2. The normalized spacial score (nSPS) is 10.4. The van der Waals surface area contributed by atoms with Gasteiger partial charge in [-0.15, -0.1) is 6.42 Å². The number of hydrazone groups is 1. The number of hydrogen-bond donors (Lipinski definition) is 2. The highest BCUT2D eigenvalue weighted by Gasteiger charge is 2.13. The van der Waals surface area contributed by atoms with Crippen molar-refractivity contribution in [2.45, 2.75) is 27.2 Å². The fourth-order valence-electron chi connectivity index (χ4n) is 2.69. The molecule has 162 valence electrons. The Labute approximate surface area is 186 Å². The molecule has 0 saturated carbocycles. The van der Waals surface area contributed by atoms with Crippen LogP contribution in [0, 0.1) is 26.2 Å². The summed E-state index contributed by atoms with van der Waals surface area (Å²) in [5.74, 6) is 2.13. The van der Waals surface area contributed by atoms with Crippen molar-refractivity contribution >= 4 is 35.3 Å². The number of amides is 2. The molecule has 0 aromatic heterocycles. The Hall–Kier alpha value is -3.50.